The first-order valence-electron chi connectivity index (χ1n) is 2.53. The van der Waals surface area contributed by atoms with Crippen molar-refractivity contribution in [1.82, 2.24) is 9.55 Å². The predicted octanol–water partition coefficient (Wildman–Crippen LogP) is 0.248. The number of hydrogen-bond donors (Lipinski definition) is 1. The topological polar surface area (TPSA) is 55.1 Å². The van der Waals surface area contributed by atoms with Gasteiger partial charge in [-0.25, -0.2) is 4.98 Å². The van der Waals surface area contributed by atoms with E-state index in [9.17, 15) is 4.79 Å². The van der Waals surface area contributed by atoms with Crippen LogP contribution in [-0.4, -0.2) is 14.7 Å². The summed E-state index contributed by atoms with van der Waals surface area (Å²) in [6.45, 7) is 0. The van der Waals surface area contributed by atoms with Gasteiger partial charge < -0.3 is 9.67 Å². The number of nitrogens with zero attached hydrogens (tertiary/aromatic N) is 2. The van der Waals surface area contributed by atoms with E-state index in [2.05, 4.69) is 20.9 Å². The molecule has 0 spiro atoms. The second kappa shape index (κ2) is 2.42. The maximum absolute atomic E-state index is 10.8. The SMILES string of the molecule is Cn1cc(Br)nc(O)c1=O. The van der Waals surface area contributed by atoms with Gasteiger partial charge in [0, 0.05) is 13.2 Å². The highest BCUT2D eigenvalue weighted by molar-refractivity contribution is 9.10. The van der Waals surface area contributed by atoms with Crippen molar-refractivity contribution in [2.24, 2.45) is 7.05 Å². The minimum Gasteiger partial charge on any atom is -0.489 e. The molecule has 1 aromatic rings. The Kier molecular flexibility index (Phi) is 1.76. The van der Waals surface area contributed by atoms with Crippen LogP contribution in [0.5, 0.6) is 5.88 Å². The largest absolute Gasteiger partial charge is 0.489 e. The number of hydrogen-bond acceptors (Lipinski definition) is 3. The lowest BCUT2D eigenvalue weighted by Crippen LogP contribution is -2.16. The van der Waals surface area contributed by atoms with E-state index < -0.39 is 11.4 Å². The van der Waals surface area contributed by atoms with Crippen molar-refractivity contribution in [2.75, 3.05) is 0 Å². The molecule has 0 amide bonds. The molecular weight excluding hydrogens is 200 g/mol. The smallest absolute Gasteiger partial charge is 0.312 e. The quantitative estimate of drug-likeness (QED) is 0.660. The van der Waals surface area contributed by atoms with E-state index in [-0.39, 0.29) is 0 Å². The van der Waals surface area contributed by atoms with E-state index in [0.717, 1.165) is 0 Å². The molecule has 1 N–H and O–H groups in total. The lowest BCUT2D eigenvalue weighted by atomic mass is 10.7. The maximum Gasteiger partial charge on any atom is 0.312 e. The molecule has 0 aromatic carbocycles. The molecular formula is C5H5BrN2O2. The van der Waals surface area contributed by atoms with Gasteiger partial charge in [-0.2, -0.15) is 0 Å². The monoisotopic (exact) mass is 204 g/mol. The van der Waals surface area contributed by atoms with Crippen molar-refractivity contribution < 1.29 is 5.11 Å². The molecule has 0 bridgehead atoms. The first-order valence-corrected chi connectivity index (χ1v) is 3.32. The molecule has 0 saturated heterocycles. The first kappa shape index (κ1) is 7.27. The zero-order chi connectivity index (χ0) is 7.72. The third-order valence-electron chi connectivity index (χ3n) is 1.02. The fourth-order valence-corrected chi connectivity index (χ4v) is 1.03. The van der Waals surface area contributed by atoms with Crippen LogP contribution in [0, 0.1) is 0 Å². The predicted molar refractivity (Wildman–Crippen MR) is 38.8 cm³/mol. The fraction of sp³-hybridized carbons (Fsp3) is 0.200. The molecule has 1 heterocycles. The Bertz CT molecular complexity index is 281. The van der Waals surface area contributed by atoms with E-state index >= 15 is 0 Å². The molecule has 1 aromatic heterocycles. The Labute approximate surface area is 65.3 Å². The zero-order valence-corrected chi connectivity index (χ0v) is 6.79. The summed E-state index contributed by atoms with van der Waals surface area (Å²) in [6, 6.07) is 0. The Morgan fingerprint density at radius 3 is 2.90 bits per heavy atom. The molecule has 0 aliphatic heterocycles. The van der Waals surface area contributed by atoms with E-state index in [0.29, 0.717) is 4.60 Å². The Hall–Kier alpha value is -0.840. The summed E-state index contributed by atoms with van der Waals surface area (Å²) in [5, 5.41) is 8.81. The van der Waals surface area contributed by atoms with Gasteiger partial charge in [-0.15, -0.1) is 0 Å². The van der Waals surface area contributed by atoms with Crippen molar-refractivity contribution in [2.45, 2.75) is 0 Å². The number of aromatic hydroxyl groups is 1. The highest BCUT2D eigenvalue weighted by Crippen LogP contribution is 2.04. The molecule has 0 radical (unpaired) electrons. The average molecular weight is 205 g/mol. The van der Waals surface area contributed by atoms with Gasteiger partial charge >= 0.3 is 5.56 Å². The zero-order valence-electron chi connectivity index (χ0n) is 5.21. The van der Waals surface area contributed by atoms with Crippen LogP contribution < -0.4 is 5.56 Å². The number of halogens is 1. The lowest BCUT2D eigenvalue weighted by Gasteiger charge is -1.96. The van der Waals surface area contributed by atoms with Gasteiger partial charge in [-0.3, -0.25) is 4.79 Å². The van der Waals surface area contributed by atoms with Crippen molar-refractivity contribution in [1.29, 1.82) is 0 Å². The summed E-state index contributed by atoms with van der Waals surface area (Å²) >= 11 is 3.02. The van der Waals surface area contributed by atoms with E-state index in [1.807, 2.05) is 0 Å². The molecule has 0 aliphatic carbocycles. The molecule has 0 atom stereocenters. The molecule has 0 fully saturated rings. The standard InChI is InChI=1S/C5H5BrN2O2/c1-8-2-3(6)7-4(9)5(8)10/h2H,1H3,(H,7,9). The molecule has 4 nitrogen and oxygen atoms in total. The van der Waals surface area contributed by atoms with E-state index in [1.54, 1.807) is 0 Å². The molecule has 0 aliphatic rings. The Balaban J connectivity index is 3.46. The first-order chi connectivity index (χ1) is 4.61. The van der Waals surface area contributed by atoms with Gasteiger partial charge in [0.25, 0.3) is 5.88 Å². The fourth-order valence-electron chi connectivity index (χ4n) is 0.554. The highest BCUT2D eigenvalue weighted by atomic mass is 79.9. The minimum atomic E-state index is -0.497. The van der Waals surface area contributed by atoms with Crippen LogP contribution in [0.2, 0.25) is 0 Å². The molecule has 5 heteroatoms. The van der Waals surface area contributed by atoms with Gasteiger partial charge in [-0.05, 0) is 15.9 Å². The summed E-state index contributed by atoms with van der Waals surface area (Å²) in [6.07, 6.45) is 1.47. The summed E-state index contributed by atoms with van der Waals surface area (Å²) in [4.78, 5) is 14.2. The minimum absolute atomic E-state index is 0.437. The number of aryl methyl sites for hydroxylation is 1. The van der Waals surface area contributed by atoms with Crippen molar-refractivity contribution in [3.05, 3.63) is 21.2 Å². The van der Waals surface area contributed by atoms with Gasteiger partial charge in [-0.1, -0.05) is 0 Å². The van der Waals surface area contributed by atoms with Crippen LogP contribution in [-0.2, 0) is 7.05 Å². The van der Waals surface area contributed by atoms with Gasteiger partial charge in [0.1, 0.15) is 4.60 Å². The summed E-state index contributed by atoms with van der Waals surface area (Å²) < 4.78 is 1.68. The van der Waals surface area contributed by atoms with Crippen LogP contribution in [0.1, 0.15) is 0 Å². The summed E-state index contributed by atoms with van der Waals surface area (Å²) in [7, 11) is 1.54. The third kappa shape index (κ3) is 1.18. The van der Waals surface area contributed by atoms with Crippen molar-refractivity contribution >= 4 is 15.9 Å². The molecule has 0 unspecified atom stereocenters. The molecule has 1 rings (SSSR count). The Morgan fingerprint density at radius 2 is 2.40 bits per heavy atom. The second-order valence-electron chi connectivity index (χ2n) is 1.80. The van der Waals surface area contributed by atoms with Crippen LogP contribution >= 0.6 is 15.9 Å². The molecule has 10 heavy (non-hydrogen) atoms. The van der Waals surface area contributed by atoms with E-state index in [4.69, 9.17) is 5.11 Å². The second-order valence-corrected chi connectivity index (χ2v) is 2.62. The van der Waals surface area contributed by atoms with Crippen LogP contribution in [0.15, 0.2) is 15.6 Å². The Morgan fingerprint density at radius 1 is 1.80 bits per heavy atom. The third-order valence-corrected chi connectivity index (χ3v) is 1.41. The van der Waals surface area contributed by atoms with Gasteiger partial charge in [0.15, 0.2) is 0 Å². The average Bonchev–Trinajstić information content (AvgIpc) is 1.82. The highest BCUT2D eigenvalue weighted by Gasteiger charge is 2.00. The summed E-state index contributed by atoms with van der Waals surface area (Å²) in [5.41, 5.74) is -0.497. The molecule has 54 valence electrons. The van der Waals surface area contributed by atoms with Gasteiger partial charge in [0.2, 0.25) is 0 Å². The number of aromatic nitrogens is 2. The van der Waals surface area contributed by atoms with E-state index in [1.165, 1.54) is 17.8 Å². The maximum atomic E-state index is 10.8. The summed E-state index contributed by atoms with van der Waals surface area (Å²) in [5.74, 6) is -0.489. The van der Waals surface area contributed by atoms with Crippen molar-refractivity contribution in [3.63, 3.8) is 0 Å². The van der Waals surface area contributed by atoms with Crippen LogP contribution in [0.4, 0.5) is 0 Å². The van der Waals surface area contributed by atoms with Crippen molar-refractivity contribution in [3.8, 4) is 5.88 Å². The lowest BCUT2D eigenvalue weighted by molar-refractivity contribution is 0.436. The molecule has 0 saturated carbocycles. The normalized spacial score (nSPS) is 9.80. The van der Waals surface area contributed by atoms with Crippen LogP contribution in [0.25, 0.3) is 0 Å². The number of rotatable bonds is 0. The van der Waals surface area contributed by atoms with Gasteiger partial charge in [0.05, 0.1) is 0 Å². The van der Waals surface area contributed by atoms with Crippen LogP contribution in [0.3, 0.4) is 0 Å².